The predicted octanol–water partition coefficient (Wildman–Crippen LogP) is 5.51. The summed E-state index contributed by atoms with van der Waals surface area (Å²) in [6, 6.07) is 11.7. The molecule has 0 fully saturated rings. The first kappa shape index (κ1) is 17.0. The van der Waals surface area contributed by atoms with Crippen molar-refractivity contribution >= 4 is 33.2 Å². The van der Waals surface area contributed by atoms with E-state index >= 15 is 0 Å². The first-order valence-electron chi connectivity index (χ1n) is 7.13. The van der Waals surface area contributed by atoms with Crippen LogP contribution >= 0.6 is 27.5 Å². The van der Waals surface area contributed by atoms with Crippen LogP contribution in [0.3, 0.4) is 0 Å². The van der Waals surface area contributed by atoms with Crippen molar-refractivity contribution in [2.75, 3.05) is 19.0 Å². The van der Waals surface area contributed by atoms with E-state index in [4.69, 9.17) is 21.1 Å². The standard InChI is InChI=1S/C17H19BrClNO2/c1-3-8-22-17-13(18)9-12(10-16(17)21-2)11-20-15-7-5-4-6-14(15)19/h4-7,9-10,20H,3,8,11H2,1-2H3. The Morgan fingerprint density at radius 1 is 1.23 bits per heavy atom. The maximum Gasteiger partial charge on any atom is 0.175 e. The summed E-state index contributed by atoms with van der Waals surface area (Å²) in [6.07, 6.45) is 0.950. The molecule has 0 spiro atoms. The molecule has 0 aliphatic carbocycles. The number of benzene rings is 2. The zero-order valence-corrected chi connectivity index (χ0v) is 15.0. The largest absolute Gasteiger partial charge is 0.493 e. The van der Waals surface area contributed by atoms with Gasteiger partial charge in [0.25, 0.3) is 0 Å². The van der Waals surface area contributed by atoms with Gasteiger partial charge in [0.2, 0.25) is 0 Å². The molecule has 5 heteroatoms. The minimum Gasteiger partial charge on any atom is -0.493 e. The summed E-state index contributed by atoms with van der Waals surface area (Å²) in [5, 5.41) is 4.03. The zero-order chi connectivity index (χ0) is 15.9. The first-order valence-corrected chi connectivity index (χ1v) is 8.30. The molecule has 0 saturated carbocycles. The van der Waals surface area contributed by atoms with Gasteiger partial charge in [-0.2, -0.15) is 0 Å². The SMILES string of the molecule is CCCOc1c(Br)cc(CNc2ccccc2Cl)cc1OC. The third-order valence-electron chi connectivity index (χ3n) is 3.10. The first-order chi connectivity index (χ1) is 10.7. The maximum atomic E-state index is 6.15. The van der Waals surface area contributed by atoms with Gasteiger partial charge < -0.3 is 14.8 Å². The number of halogens is 2. The van der Waals surface area contributed by atoms with E-state index in [0.29, 0.717) is 18.2 Å². The van der Waals surface area contributed by atoms with Crippen molar-refractivity contribution in [1.29, 1.82) is 0 Å². The summed E-state index contributed by atoms with van der Waals surface area (Å²) in [5.74, 6) is 1.46. The Hall–Kier alpha value is -1.39. The summed E-state index contributed by atoms with van der Waals surface area (Å²) in [6.45, 7) is 3.38. The molecule has 0 radical (unpaired) electrons. The van der Waals surface area contributed by atoms with Crippen LogP contribution in [0.4, 0.5) is 5.69 Å². The van der Waals surface area contributed by atoms with Gasteiger partial charge in [0, 0.05) is 6.54 Å². The maximum absolute atomic E-state index is 6.15. The monoisotopic (exact) mass is 383 g/mol. The second kappa shape index (κ2) is 8.30. The third-order valence-corrected chi connectivity index (χ3v) is 4.02. The quantitative estimate of drug-likeness (QED) is 0.682. The molecule has 0 aliphatic rings. The molecule has 2 rings (SSSR count). The van der Waals surface area contributed by atoms with Crippen molar-refractivity contribution in [3.05, 3.63) is 51.5 Å². The fraction of sp³-hybridized carbons (Fsp3) is 0.294. The molecule has 2 aromatic rings. The number of anilines is 1. The average Bonchev–Trinajstić information content (AvgIpc) is 2.52. The second-order valence-electron chi connectivity index (χ2n) is 4.79. The Kier molecular flexibility index (Phi) is 6.40. The normalized spacial score (nSPS) is 10.4. The van der Waals surface area contributed by atoms with Crippen LogP contribution < -0.4 is 14.8 Å². The van der Waals surface area contributed by atoms with E-state index in [9.17, 15) is 0 Å². The summed E-state index contributed by atoms with van der Waals surface area (Å²) >= 11 is 9.70. The lowest BCUT2D eigenvalue weighted by atomic mass is 10.2. The van der Waals surface area contributed by atoms with E-state index in [1.54, 1.807) is 7.11 Å². The fourth-order valence-electron chi connectivity index (χ4n) is 2.02. The van der Waals surface area contributed by atoms with Crippen LogP contribution in [0.15, 0.2) is 40.9 Å². The molecule has 0 unspecified atom stereocenters. The smallest absolute Gasteiger partial charge is 0.175 e. The number of nitrogens with one attached hydrogen (secondary N) is 1. The van der Waals surface area contributed by atoms with Crippen molar-refractivity contribution in [3.63, 3.8) is 0 Å². The molecule has 2 aromatic carbocycles. The molecular weight excluding hydrogens is 366 g/mol. The van der Waals surface area contributed by atoms with Gasteiger partial charge in [0.1, 0.15) is 0 Å². The molecule has 22 heavy (non-hydrogen) atoms. The van der Waals surface area contributed by atoms with Crippen molar-refractivity contribution in [2.45, 2.75) is 19.9 Å². The Balaban J connectivity index is 2.15. The minimum absolute atomic E-state index is 0.646. The zero-order valence-electron chi connectivity index (χ0n) is 12.7. The van der Waals surface area contributed by atoms with Crippen LogP contribution in [-0.2, 0) is 6.54 Å². The average molecular weight is 385 g/mol. The molecular formula is C17H19BrClNO2. The lowest BCUT2D eigenvalue weighted by Gasteiger charge is -2.15. The Morgan fingerprint density at radius 2 is 2.00 bits per heavy atom. The van der Waals surface area contributed by atoms with Crippen LogP contribution in [0, 0.1) is 0 Å². The second-order valence-corrected chi connectivity index (χ2v) is 6.05. The minimum atomic E-state index is 0.646. The Labute approximate surface area is 144 Å². The van der Waals surface area contributed by atoms with Crippen LogP contribution in [0.5, 0.6) is 11.5 Å². The van der Waals surface area contributed by atoms with E-state index in [1.807, 2.05) is 36.4 Å². The summed E-state index contributed by atoms with van der Waals surface area (Å²) in [5.41, 5.74) is 1.98. The van der Waals surface area contributed by atoms with Crippen LogP contribution in [-0.4, -0.2) is 13.7 Å². The van der Waals surface area contributed by atoms with Crippen molar-refractivity contribution in [3.8, 4) is 11.5 Å². The molecule has 3 nitrogen and oxygen atoms in total. The summed E-state index contributed by atoms with van der Waals surface area (Å²) in [4.78, 5) is 0. The Bertz CT molecular complexity index is 634. The van der Waals surface area contributed by atoms with E-state index in [2.05, 4.69) is 28.2 Å². The van der Waals surface area contributed by atoms with Gasteiger partial charge in [-0.3, -0.25) is 0 Å². The van der Waals surface area contributed by atoms with Gasteiger partial charge in [-0.15, -0.1) is 0 Å². The molecule has 0 atom stereocenters. The number of hydrogen-bond donors (Lipinski definition) is 1. The molecule has 1 N–H and O–H groups in total. The molecule has 0 heterocycles. The topological polar surface area (TPSA) is 30.5 Å². The van der Waals surface area contributed by atoms with E-state index in [-0.39, 0.29) is 0 Å². The Morgan fingerprint density at radius 3 is 2.68 bits per heavy atom. The van der Waals surface area contributed by atoms with Gasteiger partial charge in [0.05, 0.1) is 28.9 Å². The summed E-state index contributed by atoms with van der Waals surface area (Å²) < 4.78 is 12.0. The highest BCUT2D eigenvalue weighted by molar-refractivity contribution is 9.10. The number of rotatable bonds is 7. The molecule has 0 aromatic heterocycles. The van der Waals surface area contributed by atoms with Crippen LogP contribution in [0.25, 0.3) is 0 Å². The lowest BCUT2D eigenvalue weighted by molar-refractivity contribution is 0.292. The highest BCUT2D eigenvalue weighted by Gasteiger charge is 2.11. The highest BCUT2D eigenvalue weighted by atomic mass is 79.9. The van der Waals surface area contributed by atoms with Gasteiger partial charge >= 0.3 is 0 Å². The van der Waals surface area contributed by atoms with Crippen molar-refractivity contribution in [1.82, 2.24) is 0 Å². The molecule has 0 bridgehead atoms. The molecule has 0 saturated heterocycles. The van der Waals surface area contributed by atoms with Crippen molar-refractivity contribution < 1.29 is 9.47 Å². The fourth-order valence-corrected chi connectivity index (χ4v) is 2.83. The number of para-hydroxylation sites is 1. The lowest BCUT2D eigenvalue weighted by Crippen LogP contribution is -2.03. The van der Waals surface area contributed by atoms with E-state index < -0.39 is 0 Å². The number of ether oxygens (including phenoxy) is 2. The van der Waals surface area contributed by atoms with Gasteiger partial charge in [0.15, 0.2) is 11.5 Å². The summed E-state index contributed by atoms with van der Waals surface area (Å²) in [7, 11) is 1.64. The highest BCUT2D eigenvalue weighted by Crippen LogP contribution is 2.37. The van der Waals surface area contributed by atoms with Gasteiger partial charge in [-0.1, -0.05) is 30.7 Å². The van der Waals surface area contributed by atoms with E-state index in [1.165, 1.54) is 0 Å². The van der Waals surface area contributed by atoms with Crippen molar-refractivity contribution in [2.24, 2.45) is 0 Å². The predicted molar refractivity (Wildman–Crippen MR) is 95.3 cm³/mol. The molecule has 118 valence electrons. The van der Waals surface area contributed by atoms with E-state index in [0.717, 1.165) is 33.6 Å². The van der Waals surface area contributed by atoms with Gasteiger partial charge in [-0.25, -0.2) is 0 Å². The molecule has 0 aliphatic heterocycles. The van der Waals surface area contributed by atoms with Crippen LogP contribution in [0.1, 0.15) is 18.9 Å². The third kappa shape index (κ3) is 4.31. The molecule has 0 amide bonds. The van der Waals surface area contributed by atoms with Crippen LogP contribution in [0.2, 0.25) is 5.02 Å². The van der Waals surface area contributed by atoms with Gasteiger partial charge in [-0.05, 0) is 52.2 Å². The number of hydrogen-bond acceptors (Lipinski definition) is 3. The number of methoxy groups -OCH3 is 1.